The lowest BCUT2D eigenvalue weighted by Crippen LogP contribution is -2.46. The molecule has 2 unspecified atom stereocenters. The Bertz CT molecular complexity index is 1040. The molecule has 0 radical (unpaired) electrons. The first-order chi connectivity index (χ1) is 15.6. The molecule has 3 aromatic rings. The third-order valence-electron chi connectivity index (χ3n) is 5.99. The number of hydrogen-bond acceptors (Lipinski definition) is 4. The first-order valence-electron chi connectivity index (χ1n) is 11.0. The lowest BCUT2D eigenvalue weighted by atomic mass is 9.87. The molecule has 1 fully saturated rings. The van der Waals surface area contributed by atoms with Gasteiger partial charge in [-0.3, -0.25) is 0 Å². The van der Waals surface area contributed by atoms with E-state index in [1.807, 2.05) is 36.4 Å². The maximum Gasteiger partial charge on any atom is 0.407 e. The Hall–Kier alpha value is -3.09. The number of amides is 1. The minimum atomic E-state index is -0.907. The molecule has 0 aliphatic carbocycles. The molecule has 0 bridgehead atoms. The van der Waals surface area contributed by atoms with Crippen LogP contribution in [-0.2, 0) is 11.3 Å². The van der Waals surface area contributed by atoms with Crippen LogP contribution in [0, 0.1) is 0 Å². The third kappa shape index (κ3) is 5.39. The zero-order valence-electron chi connectivity index (χ0n) is 18.0. The molecule has 3 aromatic carbocycles. The molecule has 1 amide bonds. The molecule has 2 atom stereocenters. The van der Waals surface area contributed by atoms with Crippen molar-refractivity contribution in [2.75, 3.05) is 26.3 Å². The Morgan fingerprint density at radius 1 is 1.03 bits per heavy atom. The Morgan fingerprint density at radius 3 is 2.56 bits per heavy atom. The minimum absolute atomic E-state index is 0.108. The average Bonchev–Trinajstić information content (AvgIpc) is 2.83. The van der Waals surface area contributed by atoms with E-state index in [0.717, 1.165) is 22.3 Å². The number of benzene rings is 3. The van der Waals surface area contributed by atoms with Crippen LogP contribution in [-0.4, -0.2) is 53.6 Å². The molecular weight excluding hydrogens is 406 g/mol. The fourth-order valence-corrected chi connectivity index (χ4v) is 4.24. The second-order valence-electron chi connectivity index (χ2n) is 8.15. The standard InChI is InChI=1S/C26H29NO5/c28-14-3-15-31-23-10-8-21(9-11-23)24-12-13-27(26(29)30)17-25(24)32-18-19-6-7-20-4-1-2-5-22(20)16-19/h1-2,4-11,16,24-25,28H,3,12-15,17-18H2,(H,29,30). The molecule has 1 aliphatic rings. The molecule has 0 saturated carbocycles. The van der Waals surface area contributed by atoms with Crippen molar-refractivity contribution in [2.45, 2.75) is 31.5 Å². The van der Waals surface area contributed by atoms with Crippen molar-refractivity contribution in [3.05, 3.63) is 77.9 Å². The Labute approximate surface area is 188 Å². The van der Waals surface area contributed by atoms with Crippen molar-refractivity contribution in [1.29, 1.82) is 0 Å². The van der Waals surface area contributed by atoms with E-state index in [0.29, 0.717) is 39.1 Å². The molecule has 1 aliphatic heterocycles. The monoisotopic (exact) mass is 435 g/mol. The van der Waals surface area contributed by atoms with Gasteiger partial charge in [-0.15, -0.1) is 0 Å². The lowest BCUT2D eigenvalue weighted by molar-refractivity contribution is -0.0199. The van der Waals surface area contributed by atoms with Gasteiger partial charge in [0.15, 0.2) is 0 Å². The summed E-state index contributed by atoms with van der Waals surface area (Å²) in [5.41, 5.74) is 2.19. The second-order valence-corrected chi connectivity index (χ2v) is 8.15. The van der Waals surface area contributed by atoms with E-state index in [-0.39, 0.29) is 18.6 Å². The van der Waals surface area contributed by atoms with Gasteiger partial charge in [-0.1, -0.05) is 48.5 Å². The van der Waals surface area contributed by atoms with E-state index >= 15 is 0 Å². The van der Waals surface area contributed by atoms with Gasteiger partial charge in [-0.2, -0.15) is 0 Å². The predicted octanol–water partition coefficient (Wildman–Crippen LogP) is 4.65. The average molecular weight is 436 g/mol. The molecular formula is C26H29NO5. The minimum Gasteiger partial charge on any atom is -0.494 e. The summed E-state index contributed by atoms with van der Waals surface area (Å²) in [6.45, 7) is 1.86. The number of hydrogen-bond donors (Lipinski definition) is 2. The van der Waals surface area contributed by atoms with Crippen molar-refractivity contribution in [2.24, 2.45) is 0 Å². The van der Waals surface area contributed by atoms with Gasteiger partial charge in [0.1, 0.15) is 5.75 Å². The number of fused-ring (bicyclic) bond motifs is 1. The van der Waals surface area contributed by atoms with Crippen molar-refractivity contribution < 1.29 is 24.5 Å². The number of ether oxygens (including phenoxy) is 2. The van der Waals surface area contributed by atoms with Crippen LogP contribution in [0.1, 0.15) is 29.9 Å². The van der Waals surface area contributed by atoms with Crippen molar-refractivity contribution in [3.8, 4) is 5.75 Å². The van der Waals surface area contributed by atoms with E-state index in [2.05, 4.69) is 30.3 Å². The van der Waals surface area contributed by atoms with Crippen LogP contribution in [0.15, 0.2) is 66.7 Å². The lowest BCUT2D eigenvalue weighted by Gasteiger charge is -2.37. The summed E-state index contributed by atoms with van der Waals surface area (Å²) in [5, 5.41) is 20.7. The van der Waals surface area contributed by atoms with Crippen molar-refractivity contribution >= 4 is 16.9 Å². The van der Waals surface area contributed by atoms with Crippen LogP contribution >= 0.6 is 0 Å². The summed E-state index contributed by atoms with van der Waals surface area (Å²) >= 11 is 0. The number of aliphatic hydroxyl groups is 1. The molecule has 6 nitrogen and oxygen atoms in total. The summed E-state index contributed by atoms with van der Waals surface area (Å²) < 4.78 is 11.9. The number of likely N-dealkylation sites (tertiary alicyclic amines) is 1. The zero-order valence-corrected chi connectivity index (χ0v) is 18.0. The van der Waals surface area contributed by atoms with Crippen LogP contribution in [0.3, 0.4) is 0 Å². The first kappa shape index (κ1) is 22.1. The number of nitrogens with zero attached hydrogens (tertiary/aromatic N) is 1. The number of carboxylic acid groups (broad SMARTS) is 1. The molecule has 168 valence electrons. The van der Waals surface area contributed by atoms with E-state index in [1.165, 1.54) is 10.3 Å². The van der Waals surface area contributed by atoms with Gasteiger partial charge in [0, 0.05) is 25.5 Å². The largest absolute Gasteiger partial charge is 0.494 e. The summed E-state index contributed by atoms with van der Waals surface area (Å²) in [4.78, 5) is 13.0. The summed E-state index contributed by atoms with van der Waals surface area (Å²) in [6, 6.07) is 22.4. The van der Waals surface area contributed by atoms with Crippen molar-refractivity contribution in [3.63, 3.8) is 0 Å². The summed E-state index contributed by atoms with van der Waals surface area (Å²) in [5.74, 6) is 0.872. The van der Waals surface area contributed by atoms with Crippen molar-refractivity contribution in [1.82, 2.24) is 4.90 Å². The second kappa shape index (κ2) is 10.5. The number of aliphatic hydroxyl groups excluding tert-OH is 1. The molecule has 0 aromatic heterocycles. The van der Waals surface area contributed by atoms with Crippen LogP contribution < -0.4 is 4.74 Å². The van der Waals surface area contributed by atoms with Crippen LogP contribution in [0.25, 0.3) is 10.8 Å². The Kier molecular flexibility index (Phi) is 7.24. The van der Waals surface area contributed by atoms with Gasteiger partial charge < -0.3 is 24.6 Å². The Morgan fingerprint density at radius 2 is 1.81 bits per heavy atom. The van der Waals surface area contributed by atoms with E-state index in [9.17, 15) is 9.90 Å². The highest BCUT2D eigenvalue weighted by Crippen LogP contribution is 2.32. The van der Waals surface area contributed by atoms with Crippen LogP contribution in [0.5, 0.6) is 5.75 Å². The SMILES string of the molecule is O=C(O)N1CCC(c2ccc(OCCCO)cc2)C(OCc2ccc3ccccc3c2)C1. The molecule has 1 saturated heterocycles. The highest BCUT2D eigenvalue weighted by atomic mass is 16.5. The molecule has 32 heavy (non-hydrogen) atoms. The molecule has 2 N–H and O–H groups in total. The summed E-state index contributed by atoms with van der Waals surface area (Å²) in [7, 11) is 0. The molecule has 4 rings (SSSR count). The van der Waals surface area contributed by atoms with Gasteiger partial charge in [-0.25, -0.2) is 4.79 Å². The van der Waals surface area contributed by atoms with Gasteiger partial charge in [0.05, 0.1) is 25.9 Å². The predicted molar refractivity (Wildman–Crippen MR) is 123 cm³/mol. The number of rotatable bonds is 8. The molecule has 0 spiro atoms. The number of carbonyl (C=O) groups is 1. The molecule has 6 heteroatoms. The maximum absolute atomic E-state index is 11.6. The normalized spacial score (nSPS) is 18.6. The quantitative estimate of drug-likeness (QED) is 0.504. The first-order valence-corrected chi connectivity index (χ1v) is 11.0. The van der Waals surface area contributed by atoms with Crippen LogP contribution in [0.2, 0.25) is 0 Å². The van der Waals surface area contributed by atoms with E-state index < -0.39 is 6.09 Å². The van der Waals surface area contributed by atoms with Gasteiger partial charge in [-0.05, 0) is 46.5 Å². The van der Waals surface area contributed by atoms with E-state index in [4.69, 9.17) is 14.6 Å². The fourth-order valence-electron chi connectivity index (χ4n) is 4.24. The Balaban J connectivity index is 1.47. The highest BCUT2D eigenvalue weighted by molar-refractivity contribution is 5.82. The van der Waals surface area contributed by atoms with Gasteiger partial charge in [0.25, 0.3) is 0 Å². The third-order valence-corrected chi connectivity index (χ3v) is 5.99. The number of piperidine rings is 1. The summed E-state index contributed by atoms with van der Waals surface area (Å²) in [6.07, 6.45) is 0.169. The van der Waals surface area contributed by atoms with Gasteiger partial charge in [0.2, 0.25) is 0 Å². The van der Waals surface area contributed by atoms with Crippen LogP contribution in [0.4, 0.5) is 4.79 Å². The fraction of sp³-hybridized carbons (Fsp3) is 0.346. The zero-order chi connectivity index (χ0) is 22.3. The maximum atomic E-state index is 11.6. The van der Waals surface area contributed by atoms with E-state index in [1.54, 1.807) is 0 Å². The van der Waals surface area contributed by atoms with Gasteiger partial charge >= 0.3 is 6.09 Å². The highest BCUT2D eigenvalue weighted by Gasteiger charge is 2.33. The molecule has 1 heterocycles. The smallest absolute Gasteiger partial charge is 0.407 e. The topological polar surface area (TPSA) is 79.2 Å².